The van der Waals surface area contributed by atoms with Crippen LogP contribution in [0.1, 0.15) is 18.9 Å². The van der Waals surface area contributed by atoms with E-state index in [9.17, 15) is 28.8 Å². The molecule has 0 unspecified atom stereocenters. The van der Waals surface area contributed by atoms with Gasteiger partial charge in [0.05, 0.1) is 35.8 Å². The van der Waals surface area contributed by atoms with Gasteiger partial charge in [-0.3, -0.25) is 24.1 Å². The number of primary amides is 2. The van der Waals surface area contributed by atoms with Crippen molar-refractivity contribution in [1.82, 2.24) is 15.1 Å². The number of rotatable bonds is 10. The lowest BCUT2D eigenvalue weighted by atomic mass is 9.82. The fraction of sp³-hybridized carbons (Fsp3) is 0.429. The maximum Gasteiger partial charge on any atom is 0.410 e. The average molecular weight is 612 g/mol. The number of Topliss-reactive ketones (excluding diaryl/α,β-unsaturated/α-hetero) is 2. The molecule has 234 valence electrons. The number of hydrogen-bond donors (Lipinski definition) is 5. The summed E-state index contributed by atoms with van der Waals surface area (Å²) in [5.74, 6) is -3.02. The van der Waals surface area contributed by atoms with Crippen LogP contribution in [-0.2, 0) is 40.0 Å². The first-order chi connectivity index (χ1) is 20.9. The summed E-state index contributed by atoms with van der Waals surface area (Å²) in [6.07, 6.45) is -1.89. The third-order valence-corrected chi connectivity index (χ3v) is 8.55. The number of nitrogens with two attached hydrogens (primary N) is 3. The molecule has 4 amide bonds. The molecule has 3 heterocycles. The van der Waals surface area contributed by atoms with E-state index >= 15 is 0 Å². The molecule has 16 nitrogen and oxygen atoms in total. The minimum atomic E-state index is -1.40. The third kappa shape index (κ3) is 4.81. The molecule has 0 aromatic heterocycles. The highest BCUT2D eigenvalue weighted by Gasteiger charge is 2.78. The van der Waals surface area contributed by atoms with E-state index in [4.69, 9.17) is 31.4 Å². The number of carbonyl (C=O) groups excluding carboxylic acids is 6. The van der Waals surface area contributed by atoms with Gasteiger partial charge >= 0.3 is 12.2 Å². The number of anilines is 1. The summed E-state index contributed by atoms with van der Waals surface area (Å²) in [7, 11) is 2.93. The molecule has 2 saturated heterocycles. The largest absolute Gasteiger partial charge is 0.449 e. The zero-order valence-electron chi connectivity index (χ0n) is 24.2. The van der Waals surface area contributed by atoms with Gasteiger partial charge in [-0.2, -0.15) is 0 Å². The SMILES string of the molecule is CN[C@H](CC(N)=O)C(=O)Nc1ccc(COC(=O)N2[C@@H]3CN4C5=C(C(=O)C(N)=C(C)C5=O)[C@H](COC(N)=O)[C@]4(OC)[C@@H]32)cc1. The summed E-state index contributed by atoms with van der Waals surface area (Å²) in [6, 6.07) is 4.74. The van der Waals surface area contributed by atoms with Crippen molar-refractivity contribution in [3.05, 3.63) is 52.4 Å². The summed E-state index contributed by atoms with van der Waals surface area (Å²) in [5.41, 5.74) is 16.1. The van der Waals surface area contributed by atoms with Gasteiger partial charge in [0, 0.05) is 30.5 Å². The second-order valence-electron chi connectivity index (χ2n) is 10.9. The first-order valence-electron chi connectivity index (χ1n) is 13.7. The highest BCUT2D eigenvalue weighted by molar-refractivity contribution is 6.25. The summed E-state index contributed by atoms with van der Waals surface area (Å²) < 4.78 is 16.6. The standard InChI is InChI=1S/C28H33N7O9/c1-12-20(30)23(38)19-15(11-43-26(31)40)28(42-3)24-17(9-34(28)21(19)22(12)37)35(24)27(41)44-10-13-4-6-14(7-5-13)33-25(39)16(32-2)8-18(29)36/h4-7,15-17,24,32H,8-11,30H2,1-3H3,(H2,29,36)(H2,31,40)(H,33,39)/t15-,16+,17+,24+,28-,35?/m0/s1. The number of allylic oxidation sites excluding steroid dienone is 2. The van der Waals surface area contributed by atoms with Crippen molar-refractivity contribution < 1.29 is 43.0 Å². The normalized spacial score (nSPS) is 25.8. The fourth-order valence-electron chi connectivity index (χ4n) is 6.39. The van der Waals surface area contributed by atoms with Gasteiger partial charge in [0.2, 0.25) is 23.4 Å². The van der Waals surface area contributed by atoms with Crippen LogP contribution >= 0.6 is 0 Å². The second-order valence-corrected chi connectivity index (χ2v) is 10.9. The molecule has 3 aliphatic heterocycles. The van der Waals surface area contributed by atoms with Crippen molar-refractivity contribution in [3.8, 4) is 0 Å². The number of hydrogen-bond acceptors (Lipinski definition) is 12. The molecule has 0 bridgehead atoms. The molecule has 4 aliphatic rings. The topological polar surface area (TPSA) is 238 Å². The molecule has 16 heteroatoms. The number of likely N-dealkylation sites (N-methyl/N-ethyl adjacent to an activating group) is 1. The summed E-state index contributed by atoms with van der Waals surface area (Å²) in [6.45, 7) is 1.16. The molecular weight excluding hydrogens is 578 g/mol. The lowest BCUT2D eigenvalue weighted by Crippen LogP contribution is -2.56. The maximum absolute atomic E-state index is 13.3. The van der Waals surface area contributed by atoms with Gasteiger partial charge in [0.1, 0.15) is 19.3 Å². The average Bonchev–Trinajstić information content (AvgIpc) is 3.50. The van der Waals surface area contributed by atoms with Crippen LogP contribution in [0.25, 0.3) is 0 Å². The van der Waals surface area contributed by atoms with Crippen LogP contribution in [0, 0.1) is 5.92 Å². The molecule has 1 aromatic carbocycles. The minimum absolute atomic E-state index is 0.0581. The van der Waals surface area contributed by atoms with Gasteiger partial charge in [-0.1, -0.05) is 12.1 Å². The number of nitrogens with one attached hydrogen (secondary N) is 2. The van der Waals surface area contributed by atoms with Crippen LogP contribution in [0.2, 0.25) is 0 Å². The maximum atomic E-state index is 13.3. The Morgan fingerprint density at radius 1 is 1.09 bits per heavy atom. The molecule has 0 saturated carbocycles. The summed E-state index contributed by atoms with van der Waals surface area (Å²) in [5, 5.41) is 5.42. The number of benzene rings is 1. The van der Waals surface area contributed by atoms with E-state index in [0.717, 1.165) is 0 Å². The van der Waals surface area contributed by atoms with Crippen LogP contribution in [-0.4, -0.2) is 96.5 Å². The predicted octanol–water partition coefficient (Wildman–Crippen LogP) is -1.20. The van der Waals surface area contributed by atoms with Crippen LogP contribution < -0.4 is 27.8 Å². The lowest BCUT2D eigenvalue weighted by molar-refractivity contribution is -0.144. The van der Waals surface area contributed by atoms with E-state index in [-0.39, 0.29) is 48.7 Å². The van der Waals surface area contributed by atoms with E-state index in [1.54, 1.807) is 36.2 Å². The Balaban J connectivity index is 1.27. The molecule has 44 heavy (non-hydrogen) atoms. The van der Waals surface area contributed by atoms with Crippen LogP contribution in [0.4, 0.5) is 15.3 Å². The Labute approximate surface area is 251 Å². The molecule has 1 aromatic rings. The number of ketones is 2. The van der Waals surface area contributed by atoms with Crippen molar-refractivity contribution in [3.63, 3.8) is 0 Å². The zero-order valence-corrected chi connectivity index (χ0v) is 24.2. The molecular formula is C28H33N7O9. The van der Waals surface area contributed by atoms with Crippen LogP contribution in [0.5, 0.6) is 0 Å². The van der Waals surface area contributed by atoms with Gasteiger partial charge < -0.3 is 46.9 Å². The minimum Gasteiger partial charge on any atom is -0.449 e. The van der Waals surface area contributed by atoms with Crippen molar-refractivity contribution >= 4 is 41.3 Å². The summed E-state index contributed by atoms with van der Waals surface area (Å²) in [4.78, 5) is 78.0. The van der Waals surface area contributed by atoms with E-state index < -0.39 is 65.3 Å². The van der Waals surface area contributed by atoms with Crippen LogP contribution in [0.15, 0.2) is 46.8 Å². The van der Waals surface area contributed by atoms with Crippen molar-refractivity contribution in [1.29, 1.82) is 0 Å². The molecule has 0 spiro atoms. The Hall–Kier alpha value is -4.96. The first-order valence-corrected chi connectivity index (χ1v) is 13.7. The Bertz CT molecular complexity index is 1520. The summed E-state index contributed by atoms with van der Waals surface area (Å²) >= 11 is 0. The number of amides is 4. The Morgan fingerprint density at radius 3 is 2.36 bits per heavy atom. The lowest BCUT2D eigenvalue weighted by Gasteiger charge is -2.40. The van der Waals surface area contributed by atoms with Crippen molar-refractivity contribution in [2.75, 3.05) is 32.6 Å². The predicted molar refractivity (Wildman–Crippen MR) is 151 cm³/mol. The van der Waals surface area contributed by atoms with Gasteiger partial charge in [0.25, 0.3) is 0 Å². The number of ether oxygens (including phenoxy) is 3. The van der Waals surface area contributed by atoms with E-state index in [1.165, 1.54) is 18.9 Å². The molecule has 0 radical (unpaired) electrons. The number of fused-ring (bicyclic) bond motifs is 4. The van der Waals surface area contributed by atoms with Crippen molar-refractivity contribution in [2.24, 2.45) is 23.1 Å². The van der Waals surface area contributed by atoms with E-state index in [2.05, 4.69) is 10.6 Å². The smallest absolute Gasteiger partial charge is 0.410 e. The number of methoxy groups -OCH3 is 1. The van der Waals surface area contributed by atoms with E-state index in [0.29, 0.717) is 11.3 Å². The third-order valence-electron chi connectivity index (χ3n) is 8.55. The van der Waals surface area contributed by atoms with E-state index in [1.807, 2.05) is 0 Å². The molecule has 1 aliphatic carbocycles. The van der Waals surface area contributed by atoms with Gasteiger partial charge in [-0.15, -0.1) is 0 Å². The monoisotopic (exact) mass is 611 g/mol. The second kappa shape index (κ2) is 11.3. The molecule has 2 fully saturated rings. The van der Waals surface area contributed by atoms with Gasteiger partial charge in [0.15, 0.2) is 5.72 Å². The Kier molecular flexibility index (Phi) is 7.81. The quantitative estimate of drug-likeness (QED) is 0.155. The Morgan fingerprint density at radius 2 is 1.77 bits per heavy atom. The van der Waals surface area contributed by atoms with Crippen LogP contribution in [0.3, 0.4) is 0 Å². The van der Waals surface area contributed by atoms with Gasteiger partial charge in [-0.25, -0.2) is 9.59 Å². The fourth-order valence-corrected chi connectivity index (χ4v) is 6.39. The highest BCUT2D eigenvalue weighted by atomic mass is 16.6. The molecule has 5 atom stereocenters. The molecule has 8 N–H and O–H groups in total. The zero-order chi connectivity index (χ0) is 32.1. The number of carbonyl (C=O) groups is 6. The van der Waals surface area contributed by atoms with Gasteiger partial charge in [-0.05, 0) is 31.7 Å². The first kappa shape index (κ1) is 30.5. The number of nitrogens with zero attached hydrogens (tertiary/aromatic N) is 2. The molecule has 5 rings (SSSR count). The van der Waals surface area contributed by atoms with Crippen molar-refractivity contribution in [2.45, 2.75) is 43.8 Å². The number of piperazine rings is 1. The highest BCUT2D eigenvalue weighted by Crippen LogP contribution is 2.59.